The van der Waals surface area contributed by atoms with Gasteiger partial charge in [0.15, 0.2) is 5.78 Å². The number of carbonyl (C=O) groups excluding carboxylic acids is 1. The Morgan fingerprint density at radius 3 is 2.50 bits per heavy atom. The zero-order valence-corrected chi connectivity index (χ0v) is 11.1. The van der Waals surface area contributed by atoms with Crippen LogP contribution in [0.5, 0.6) is 0 Å². The van der Waals surface area contributed by atoms with E-state index in [1.807, 2.05) is 0 Å². The minimum atomic E-state index is -0.628. The number of hydrogen-bond donors (Lipinski definition) is 0. The maximum absolute atomic E-state index is 13.6. The molecule has 0 saturated heterocycles. The summed E-state index contributed by atoms with van der Waals surface area (Å²) in [6.45, 7) is 1.68. The number of carbonyl (C=O) groups is 1. The topological polar surface area (TPSA) is 17.1 Å². The molecular weight excluding hydrogens is 302 g/mol. The van der Waals surface area contributed by atoms with Crippen molar-refractivity contribution in [1.29, 1.82) is 0 Å². The quantitative estimate of drug-likeness (QED) is 0.757. The number of hydrogen-bond acceptors (Lipinski definition) is 1. The van der Waals surface area contributed by atoms with Gasteiger partial charge in [-0.3, -0.25) is 4.79 Å². The standard InChI is InChI=1S/C14H9BrF2O/c1-8-5-9(7-10(16)6-8)14(18)13-11(15)3-2-4-12(13)17/h2-7H,1H3. The molecule has 4 heteroatoms. The van der Waals surface area contributed by atoms with E-state index in [-0.39, 0.29) is 11.1 Å². The molecule has 18 heavy (non-hydrogen) atoms. The average molecular weight is 311 g/mol. The van der Waals surface area contributed by atoms with Crippen LogP contribution in [0.4, 0.5) is 8.78 Å². The Bertz CT molecular complexity index is 583. The lowest BCUT2D eigenvalue weighted by atomic mass is 10.0. The van der Waals surface area contributed by atoms with Crippen LogP contribution in [0, 0.1) is 18.6 Å². The molecule has 0 aromatic heterocycles. The summed E-state index contributed by atoms with van der Waals surface area (Å²) in [4.78, 5) is 12.2. The Hall–Kier alpha value is -1.55. The van der Waals surface area contributed by atoms with Gasteiger partial charge in [-0.05, 0) is 58.7 Å². The Balaban J connectivity index is 2.55. The van der Waals surface area contributed by atoms with E-state index in [0.717, 1.165) is 6.07 Å². The zero-order valence-electron chi connectivity index (χ0n) is 9.51. The number of benzene rings is 2. The molecule has 92 valence electrons. The molecule has 2 rings (SSSR count). The Morgan fingerprint density at radius 1 is 1.17 bits per heavy atom. The number of ketones is 1. The maximum atomic E-state index is 13.6. The van der Waals surface area contributed by atoms with Crippen molar-refractivity contribution in [3.05, 3.63) is 69.2 Å². The highest BCUT2D eigenvalue weighted by molar-refractivity contribution is 9.10. The van der Waals surface area contributed by atoms with Gasteiger partial charge in [-0.2, -0.15) is 0 Å². The molecule has 0 fully saturated rings. The van der Waals surface area contributed by atoms with E-state index in [4.69, 9.17) is 0 Å². The lowest BCUT2D eigenvalue weighted by Crippen LogP contribution is -2.06. The number of rotatable bonds is 2. The van der Waals surface area contributed by atoms with Gasteiger partial charge in [0.1, 0.15) is 11.6 Å². The summed E-state index contributed by atoms with van der Waals surface area (Å²) in [7, 11) is 0. The largest absolute Gasteiger partial charge is 0.288 e. The van der Waals surface area contributed by atoms with Gasteiger partial charge in [0, 0.05) is 10.0 Å². The molecule has 0 aliphatic heterocycles. The Kier molecular flexibility index (Phi) is 3.57. The van der Waals surface area contributed by atoms with Crippen LogP contribution in [0.3, 0.4) is 0 Å². The molecule has 0 aliphatic rings. The molecule has 0 bridgehead atoms. The van der Waals surface area contributed by atoms with E-state index in [2.05, 4.69) is 15.9 Å². The van der Waals surface area contributed by atoms with E-state index < -0.39 is 17.4 Å². The van der Waals surface area contributed by atoms with Gasteiger partial charge in [-0.15, -0.1) is 0 Å². The third-order valence-electron chi connectivity index (χ3n) is 2.49. The number of halogens is 3. The van der Waals surface area contributed by atoms with Crippen LogP contribution in [-0.4, -0.2) is 5.78 Å². The second kappa shape index (κ2) is 4.98. The van der Waals surface area contributed by atoms with Crippen LogP contribution >= 0.6 is 15.9 Å². The van der Waals surface area contributed by atoms with Gasteiger partial charge in [0.05, 0.1) is 5.56 Å². The summed E-state index contributed by atoms with van der Waals surface area (Å²) >= 11 is 3.13. The first-order chi connectivity index (χ1) is 8.49. The molecule has 0 atom stereocenters. The molecule has 0 amide bonds. The minimum Gasteiger partial charge on any atom is -0.288 e. The SMILES string of the molecule is Cc1cc(F)cc(C(=O)c2c(F)cccc2Br)c1. The highest BCUT2D eigenvalue weighted by Gasteiger charge is 2.18. The van der Waals surface area contributed by atoms with Crippen LogP contribution in [-0.2, 0) is 0 Å². The van der Waals surface area contributed by atoms with Crippen molar-refractivity contribution in [2.75, 3.05) is 0 Å². The third kappa shape index (κ3) is 2.48. The fraction of sp³-hybridized carbons (Fsp3) is 0.0714. The molecule has 0 saturated carbocycles. The number of aryl methyl sites for hydroxylation is 1. The van der Waals surface area contributed by atoms with Crippen LogP contribution in [0.1, 0.15) is 21.5 Å². The average Bonchev–Trinajstić information content (AvgIpc) is 2.27. The van der Waals surface area contributed by atoms with Gasteiger partial charge in [0.2, 0.25) is 0 Å². The normalized spacial score (nSPS) is 10.4. The van der Waals surface area contributed by atoms with Crippen molar-refractivity contribution in [2.45, 2.75) is 6.92 Å². The van der Waals surface area contributed by atoms with Crippen molar-refractivity contribution in [3.8, 4) is 0 Å². The highest BCUT2D eigenvalue weighted by Crippen LogP contribution is 2.23. The summed E-state index contributed by atoms with van der Waals surface area (Å²) in [6.07, 6.45) is 0. The first-order valence-corrected chi connectivity index (χ1v) is 6.04. The van der Waals surface area contributed by atoms with Crippen LogP contribution in [0.25, 0.3) is 0 Å². The zero-order chi connectivity index (χ0) is 13.3. The third-order valence-corrected chi connectivity index (χ3v) is 3.15. The Labute approximate surface area is 112 Å². The summed E-state index contributed by atoms with van der Waals surface area (Å²) in [5, 5.41) is 0. The molecule has 1 nitrogen and oxygen atoms in total. The summed E-state index contributed by atoms with van der Waals surface area (Å²) in [5.74, 6) is -1.68. The molecule has 0 spiro atoms. The summed E-state index contributed by atoms with van der Waals surface area (Å²) < 4.78 is 27.2. The van der Waals surface area contributed by atoms with E-state index in [1.165, 1.54) is 24.3 Å². The maximum Gasteiger partial charge on any atom is 0.197 e. The summed E-state index contributed by atoms with van der Waals surface area (Å²) in [5.41, 5.74) is 0.673. The molecule has 0 radical (unpaired) electrons. The molecule has 0 heterocycles. The van der Waals surface area contributed by atoms with Crippen LogP contribution in [0.15, 0.2) is 40.9 Å². The van der Waals surface area contributed by atoms with E-state index in [9.17, 15) is 13.6 Å². The molecule has 0 aliphatic carbocycles. The van der Waals surface area contributed by atoms with Gasteiger partial charge in [-0.1, -0.05) is 6.07 Å². The van der Waals surface area contributed by atoms with Gasteiger partial charge in [0.25, 0.3) is 0 Å². The molecule has 0 N–H and O–H groups in total. The van der Waals surface area contributed by atoms with Crippen molar-refractivity contribution in [3.63, 3.8) is 0 Å². The van der Waals surface area contributed by atoms with Crippen molar-refractivity contribution in [1.82, 2.24) is 0 Å². The molecular formula is C14H9BrF2O. The fourth-order valence-corrected chi connectivity index (χ4v) is 2.25. The van der Waals surface area contributed by atoms with E-state index >= 15 is 0 Å². The van der Waals surface area contributed by atoms with Crippen LogP contribution < -0.4 is 0 Å². The van der Waals surface area contributed by atoms with Gasteiger partial charge in [-0.25, -0.2) is 8.78 Å². The predicted molar refractivity (Wildman–Crippen MR) is 68.7 cm³/mol. The molecule has 2 aromatic rings. The first-order valence-electron chi connectivity index (χ1n) is 5.25. The van der Waals surface area contributed by atoms with Crippen molar-refractivity contribution in [2.24, 2.45) is 0 Å². The van der Waals surface area contributed by atoms with E-state index in [0.29, 0.717) is 10.0 Å². The smallest absolute Gasteiger partial charge is 0.197 e. The van der Waals surface area contributed by atoms with Gasteiger partial charge >= 0.3 is 0 Å². The van der Waals surface area contributed by atoms with Crippen molar-refractivity contribution >= 4 is 21.7 Å². The highest BCUT2D eigenvalue weighted by atomic mass is 79.9. The lowest BCUT2D eigenvalue weighted by molar-refractivity contribution is 0.103. The predicted octanol–water partition coefficient (Wildman–Crippen LogP) is 4.27. The molecule has 0 unspecified atom stereocenters. The monoisotopic (exact) mass is 310 g/mol. The summed E-state index contributed by atoms with van der Waals surface area (Å²) in [6, 6.07) is 8.21. The van der Waals surface area contributed by atoms with Crippen LogP contribution in [0.2, 0.25) is 0 Å². The van der Waals surface area contributed by atoms with Crippen molar-refractivity contribution < 1.29 is 13.6 Å². The molecule has 2 aromatic carbocycles. The van der Waals surface area contributed by atoms with Gasteiger partial charge < -0.3 is 0 Å². The first kappa shape index (κ1) is 12.9. The minimum absolute atomic E-state index is 0.0810. The second-order valence-electron chi connectivity index (χ2n) is 3.94. The fourth-order valence-electron chi connectivity index (χ4n) is 1.73. The van der Waals surface area contributed by atoms with E-state index in [1.54, 1.807) is 13.0 Å². The Morgan fingerprint density at radius 2 is 1.89 bits per heavy atom. The lowest BCUT2D eigenvalue weighted by Gasteiger charge is -2.06. The second-order valence-corrected chi connectivity index (χ2v) is 4.80.